The molecule has 0 spiro atoms. The summed E-state index contributed by atoms with van der Waals surface area (Å²) in [5.41, 5.74) is 5.00. The molecule has 1 aliphatic rings. The third-order valence-electron chi connectivity index (χ3n) is 6.46. The largest absolute Gasteiger partial charge is 0.497 e. The van der Waals surface area contributed by atoms with Crippen LogP contribution in [0.25, 0.3) is 0 Å². The molecule has 7 nitrogen and oxygen atoms in total. The Bertz CT molecular complexity index is 1150. The van der Waals surface area contributed by atoms with Gasteiger partial charge in [0.25, 0.3) is 0 Å². The first-order chi connectivity index (χ1) is 16.4. The molecule has 0 aromatic heterocycles. The number of aliphatic hydroxyl groups excluding tert-OH is 1. The van der Waals surface area contributed by atoms with Crippen molar-refractivity contribution in [3.63, 3.8) is 0 Å². The highest BCUT2D eigenvalue weighted by Gasteiger charge is 2.34. The highest BCUT2D eigenvalue weighted by atomic mass is 16.7. The lowest BCUT2D eigenvalue weighted by Crippen LogP contribution is -2.16. The van der Waals surface area contributed by atoms with Gasteiger partial charge in [-0.3, -0.25) is 0 Å². The van der Waals surface area contributed by atoms with Crippen molar-refractivity contribution in [3.8, 4) is 28.7 Å². The predicted octanol–water partition coefficient (Wildman–Crippen LogP) is 4.21. The van der Waals surface area contributed by atoms with Gasteiger partial charge in [0, 0.05) is 35.1 Å². The first-order valence-corrected chi connectivity index (χ1v) is 11.0. The van der Waals surface area contributed by atoms with Gasteiger partial charge in [-0.15, -0.1) is 0 Å². The van der Waals surface area contributed by atoms with E-state index in [0.29, 0.717) is 23.7 Å². The van der Waals surface area contributed by atoms with Crippen molar-refractivity contribution in [1.82, 2.24) is 0 Å². The normalized spacial score (nSPS) is 16.8. The molecule has 1 aliphatic carbocycles. The third-order valence-corrected chi connectivity index (χ3v) is 6.46. The standard InChI is InChI=1S/C27H30O7/c1-15-21-12-20(32-4)13-23(33-5)26(21)22(16-6-8-18(30-2)9-7-16)11-17-10-19(31-3)14-24(25(15)17)34-27(28)29/h6-10,12-15,22,27-29H,11H2,1-5H3/t15?,22-/m1/s1. The third kappa shape index (κ3) is 4.36. The molecule has 2 atom stereocenters. The van der Waals surface area contributed by atoms with E-state index in [1.807, 2.05) is 30.3 Å². The highest BCUT2D eigenvalue weighted by molar-refractivity contribution is 5.61. The van der Waals surface area contributed by atoms with Crippen molar-refractivity contribution in [2.45, 2.75) is 31.7 Å². The molecule has 3 aromatic rings. The van der Waals surface area contributed by atoms with E-state index in [0.717, 1.165) is 39.3 Å². The molecule has 0 heterocycles. The van der Waals surface area contributed by atoms with Crippen LogP contribution in [-0.4, -0.2) is 45.1 Å². The molecular formula is C27H30O7. The first kappa shape index (κ1) is 23.7. The molecule has 0 fully saturated rings. The summed E-state index contributed by atoms with van der Waals surface area (Å²) in [6.45, 7) is 0.110. The van der Waals surface area contributed by atoms with Crippen LogP contribution >= 0.6 is 0 Å². The van der Waals surface area contributed by atoms with Gasteiger partial charge in [-0.1, -0.05) is 19.1 Å². The molecule has 34 heavy (non-hydrogen) atoms. The van der Waals surface area contributed by atoms with Crippen LogP contribution in [0, 0.1) is 0 Å². The second-order valence-corrected chi connectivity index (χ2v) is 8.23. The van der Waals surface area contributed by atoms with Gasteiger partial charge in [0.1, 0.15) is 28.7 Å². The maximum atomic E-state index is 9.61. The summed E-state index contributed by atoms with van der Waals surface area (Å²) in [4.78, 5) is 0. The molecular weight excluding hydrogens is 436 g/mol. The molecule has 0 aliphatic heterocycles. The van der Waals surface area contributed by atoms with E-state index >= 15 is 0 Å². The van der Waals surface area contributed by atoms with Gasteiger partial charge in [0.15, 0.2) is 0 Å². The van der Waals surface area contributed by atoms with Crippen molar-refractivity contribution < 1.29 is 33.9 Å². The van der Waals surface area contributed by atoms with Crippen LogP contribution in [0.3, 0.4) is 0 Å². The number of ether oxygens (including phenoxy) is 5. The van der Waals surface area contributed by atoms with Crippen molar-refractivity contribution in [1.29, 1.82) is 0 Å². The zero-order valence-corrected chi connectivity index (χ0v) is 20.0. The van der Waals surface area contributed by atoms with E-state index in [-0.39, 0.29) is 11.8 Å². The molecule has 0 radical (unpaired) electrons. The van der Waals surface area contributed by atoms with Crippen LogP contribution in [-0.2, 0) is 6.42 Å². The lowest BCUT2D eigenvalue weighted by Gasteiger charge is -2.24. The number of hydrogen-bond donors (Lipinski definition) is 2. The highest BCUT2D eigenvalue weighted by Crippen LogP contribution is 2.50. The molecule has 0 saturated heterocycles. The van der Waals surface area contributed by atoms with Crippen LogP contribution in [0.15, 0.2) is 48.5 Å². The van der Waals surface area contributed by atoms with E-state index in [4.69, 9.17) is 23.7 Å². The molecule has 1 unspecified atom stereocenters. The Kier molecular flexibility index (Phi) is 6.86. The lowest BCUT2D eigenvalue weighted by molar-refractivity contribution is -0.179. The molecule has 7 heteroatoms. The fourth-order valence-corrected chi connectivity index (χ4v) is 4.88. The predicted molar refractivity (Wildman–Crippen MR) is 127 cm³/mol. The molecule has 3 aromatic carbocycles. The van der Waals surface area contributed by atoms with E-state index in [1.165, 1.54) is 0 Å². The van der Waals surface area contributed by atoms with Gasteiger partial charge in [-0.25, -0.2) is 0 Å². The fraction of sp³-hybridized carbons (Fsp3) is 0.333. The molecule has 0 bridgehead atoms. The van der Waals surface area contributed by atoms with Gasteiger partial charge >= 0.3 is 6.48 Å². The van der Waals surface area contributed by atoms with Crippen molar-refractivity contribution in [2.75, 3.05) is 28.4 Å². The van der Waals surface area contributed by atoms with Crippen molar-refractivity contribution in [2.24, 2.45) is 0 Å². The molecule has 0 saturated carbocycles. The zero-order chi connectivity index (χ0) is 24.4. The average molecular weight is 467 g/mol. The van der Waals surface area contributed by atoms with Gasteiger partial charge in [0.05, 0.1) is 28.4 Å². The number of rotatable bonds is 7. The number of methoxy groups -OCH3 is 4. The molecule has 2 N–H and O–H groups in total. The van der Waals surface area contributed by atoms with Crippen LogP contribution in [0.2, 0.25) is 0 Å². The Labute approximate surface area is 199 Å². The molecule has 0 amide bonds. The van der Waals surface area contributed by atoms with Crippen LogP contribution in [0.1, 0.15) is 46.6 Å². The number of aliphatic hydroxyl groups is 2. The average Bonchev–Trinajstić information content (AvgIpc) is 2.97. The fourth-order valence-electron chi connectivity index (χ4n) is 4.88. The second kappa shape index (κ2) is 9.83. The van der Waals surface area contributed by atoms with E-state index in [2.05, 4.69) is 19.1 Å². The van der Waals surface area contributed by atoms with Crippen molar-refractivity contribution >= 4 is 0 Å². The summed E-state index contributed by atoms with van der Waals surface area (Å²) in [7, 11) is 6.50. The summed E-state index contributed by atoms with van der Waals surface area (Å²) in [6, 6.07) is 15.6. The van der Waals surface area contributed by atoms with Gasteiger partial charge in [-0.2, -0.15) is 0 Å². The monoisotopic (exact) mass is 466 g/mol. The number of hydrogen-bond acceptors (Lipinski definition) is 7. The van der Waals surface area contributed by atoms with Gasteiger partial charge in [0.2, 0.25) is 0 Å². The smallest absolute Gasteiger partial charge is 0.310 e. The minimum absolute atomic E-state index is 0.0514. The van der Waals surface area contributed by atoms with E-state index < -0.39 is 6.48 Å². The van der Waals surface area contributed by atoms with Crippen molar-refractivity contribution in [3.05, 3.63) is 76.3 Å². The quantitative estimate of drug-likeness (QED) is 0.505. The summed E-state index contributed by atoms with van der Waals surface area (Å²) < 4.78 is 27.7. The van der Waals surface area contributed by atoms with Gasteiger partial charge < -0.3 is 33.9 Å². The summed E-state index contributed by atoms with van der Waals surface area (Å²) >= 11 is 0. The summed E-state index contributed by atoms with van der Waals surface area (Å²) in [6.07, 6.45) is 0.622. The SMILES string of the molecule is COc1ccc([C@H]2Cc3cc(OC)cc(OC(O)O)c3C(C)c3cc(OC)cc(OC)c32)cc1. The first-order valence-electron chi connectivity index (χ1n) is 11.0. The van der Waals surface area contributed by atoms with Gasteiger partial charge in [-0.05, 0) is 47.4 Å². The topological polar surface area (TPSA) is 86.6 Å². The summed E-state index contributed by atoms with van der Waals surface area (Å²) in [5, 5.41) is 19.2. The van der Waals surface area contributed by atoms with Crippen LogP contribution in [0.4, 0.5) is 0 Å². The Balaban J connectivity index is 2.01. The Hall–Kier alpha value is -3.42. The number of fused-ring (bicyclic) bond motifs is 2. The maximum Gasteiger partial charge on any atom is 0.310 e. The Morgan fingerprint density at radius 2 is 1.35 bits per heavy atom. The van der Waals surface area contributed by atoms with Crippen LogP contribution in [0.5, 0.6) is 28.7 Å². The van der Waals surface area contributed by atoms with E-state index in [9.17, 15) is 10.2 Å². The second-order valence-electron chi connectivity index (χ2n) is 8.23. The minimum atomic E-state index is -1.96. The number of benzene rings is 3. The molecule has 180 valence electrons. The lowest BCUT2D eigenvalue weighted by atomic mass is 9.83. The van der Waals surface area contributed by atoms with E-state index in [1.54, 1.807) is 34.5 Å². The maximum absolute atomic E-state index is 9.61. The minimum Gasteiger partial charge on any atom is -0.497 e. The molecule has 4 rings (SSSR count). The van der Waals surface area contributed by atoms with Crippen LogP contribution < -0.4 is 23.7 Å². The summed E-state index contributed by atoms with van der Waals surface area (Å²) in [5.74, 6) is 2.92. The zero-order valence-electron chi connectivity index (χ0n) is 20.0. The Morgan fingerprint density at radius 1 is 0.735 bits per heavy atom. The Morgan fingerprint density at radius 3 is 1.94 bits per heavy atom.